The maximum Gasteiger partial charge on any atom is 2.00 e. The molecule has 0 heterocycles. The van der Waals surface area contributed by atoms with E-state index in [2.05, 4.69) is 79.7 Å². The van der Waals surface area contributed by atoms with Crippen LogP contribution in [-0.2, 0) is 39.2 Å². The van der Waals surface area contributed by atoms with Crippen molar-refractivity contribution in [3.63, 3.8) is 0 Å². The van der Waals surface area contributed by atoms with Crippen LogP contribution in [0.4, 0.5) is 0 Å². The monoisotopic (exact) mass is 695 g/mol. The zero-order valence-corrected chi connectivity index (χ0v) is 31.0. The van der Waals surface area contributed by atoms with Crippen LogP contribution in [0.3, 0.4) is 0 Å². The molecule has 0 bridgehead atoms. The Balaban J connectivity index is 0.00000211. The van der Waals surface area contributed by atoms with E-state index in [0.29, 0.717) is 23.3 Å². The van der Waals surface area contributed by atoms with Crippen molar-refractivity contribution in [3.05, 3.63) is 57.6 Å². The molecule has 3 rings (SSSR count). The van der Waals surface area contributed by atoms with E-state index in [4.69, 9.17) is 29.8 Å². The van der Waals surface area contributed by atoms with Crippen LogP contribution in [0.25, 0.3) is 0 Å². The zero-order chi connectivity index (χ0) is 35.1. The van der Waals surface area contributed by atoms with Crippen molar-refractivity contribution < 1.29 is 46.8 Å². The number of benzene rings is 2. The number of rotatable bonds is 10. The third-order valence-corrected chi connectivity index (χ3v) is 7.50. The minimum absolute atomic E-state index is 0. The molecule has 0 unspecified atom stereocenters. The van der Waals surface area contributed by atoms with Crippen molar-refractivity contribution in [3.8, 4) is 11.5 Å². The van der Waals surface area contributed by atoms with Gasteiger partial charge in [0.2, 0.25) is 0 Å². The number of phenolic OH excluding ortho intramolecular Hbond substituents is 2. The number of aliphatic imine (C=N–C) groups is 2. The normalized spacial score (nSPS) is 16.2. The first-order valence-corrected chi connectivity index (χ1v) is 16.5. The predicted octanol–water partition coefficient (Wildman–Crippen LogP) is 6.10. The van der Waals surface area contributed by atoms with Crippen molar-refractivity contribution in [2.24, 2.45) is 21.8 Å². The molecule has 0 saturated heterocycles. The first kappa shape index (κ1) is 43.8. The summed E-state index contributed by atoms with van der Waals surface area (Å²) in [5.74, 6) is 0.243. The Kier molecular flexibility index (Phi) is 20.2. The first-order chi connectivity index (χ1) is 21.4. The molecule has 263 valence electrons. The number of aromatic hydroxyl groups is 2. The summed E-state index contributed by atoms with van der Waals surface area (Å²) in [6.45, 7) is 19.4. The summed E-state index contributed by atoms with van der Waals surface area (Å²) in [7, 11) is 0. The molecule has 1 aliphatic rings. The molecule has 2 aromatic carbocycles. The Bertz CT molecular complexity index is 1220. The van der Waals surface area contributed by atoms with Crippen molar-refractivity contribution in [2.75, 3.05) is 0 Å². The minimum atomic E-state index is -1.08. The Morgan fingerprint density at radius 1 is 0.681 bits per heavy atom. The Morgan fingerprint density at radius 2 is 0.957 bits per heavy atom. The van der Waals surface area contributed by atoms with Crippen LogP contribution >= 0.6 is 0 Å². The summed E-state index contributed by atoms with van der Waals surface area (Å²) in [5, 5.41) is 39.5. The largest absolute Gasteiger partial charge is 2.00 e. The van der Waals surface area contributed by atoms with Crippen molar-refractivity contribution in [1.82, 2.24) is 0 Å². The van der Waals surface area contributed by atoms with Crippen LogP contribution in [0.15, 0.2) is 34.3 Å². The smallest absolute Gasteiger partial charge is 0.550 e. The van der Waals surface area contributed by atoms with E-state index in [0.717, 1.165) is 74.6 Å². The number of hydrogen-bond donors (Lipinski definition) is 2. The number of carboxylic acids is 2. The molecule has 1 radical (unpaired) electrons. The molecule has 2 aromatic rings. The molecular formula is C38H56CoN2O6. The maximum absolute atomic E-state index is 10.9. The SMILES string of the molecule is CC(=O)[O-].CC(=O)[O-].CC(C)Cc1cc(C=NC2CCC(N=Cc3cc(CC(C)C)cc(C(C)C)c3O)CC2)c(O)c(C(C)C)c1.[Co+2]. The number of carbonyl (C=O) groups is 2. The summed E-state index contributed by atoms with van der Waals surface area (Å²) < 4.78 is 0. The molecule has 0 aliphatic heterocycles. The fourth-order valence-electron chi connectivity index (χ4n) is 5.47. The van der Waals surface area contributed by atoms with Crippen LogP contribution in [0.5, 0.6) is 11.5 Å². The van der Waals surface area contributed by atoms with Gasteiger partial charge in [0.15, 0.2) is 0 Å². The second-order valence-electron chi connectivity index (χ2n) is 13.8. The second-order valence-corrected chi connectivity index (χ2v) is 13.8. The molecule has 47 heavy (non-hydrogen) atoms. The summed E-state index contributed by atoms with van der Waals surface area (Å²) >= 11 is 0. The van der Waals surface area contributed by atoms with Crippen LogP contribution in [0.1, 0.15) is 140 Å². The number of carboxylic acid groups (broad SMARTS) is 2. The summed E-state index contributed by atoms with van der Waals surface area (Å²) in [6, 6.07) is 9.03. The van der Waals surface area contributed by atoms with Crippen LogP contribution < -0.4 is 10.2 Å². The zero-order valence-electron chi connectivity index (χ0n) is 29.9. The molecule has 0 spiro atoms. The van der Waals surface area contributed by atoms with E-state index in [1.54, 1.807) is 0 Å². The van der Waals surface area contributed by atoms with Gasteiger partial charge in [-0.15, -0.1) is 0 Å². The summed E-state index contributed by atoms with van der Waals surface area (Å²) in [5.41, 5.74) is 6.21. The molecule has 1 fully saturated rings. The van der Waals surface area contributed by atoms with E-state index >= 15 is 0 Å². The number of phenols is 2. The van der Waals surface area contributed by atoms with Crippen molar-refractivity contribution in [2.45, 2.75) is 132 Å². The Morgan fingerprint density at radius 3 is 1.19 bits per heavy atom. The number of carbonyl (C=O) groups excluding carboxylic acids is 2. The van der Waals surface area contributed by atoms with Gasteiger partial charge in [-0.05, 0) is 110 Å². The maximum atomic E-state index is 10.9. The van der Waals surface area contributed by atoms with Crippen LogP contribution in [0, 0.1) is 11.8 Å². The number of hydrogen-bond acceptors (Lipinski definition) is 8. The molecule has 0 atom stereocenters. The standard InChI is InChI=1S/C34H50N2O2.2C2H4O2.Co/c1-21(2)13-25-15-27(33(37)31(17-25)23(5)6)19-35-29-9-11-30(12-10-29)36-20-28-16-26(14-22(3)4)18-32(24(7)8)34(28)38;2*1-2(3)4;/h15-24,29-30,37-38H,9-14H2,1-8H3;2*1H3,(H,3,4);/q;;;+2/p-2. The Labute approximate surface area is 293 Å². The first-order valence-electron chi connectivity index (χ1n) is 16.5. The second kappa shape index (κ2) is 21.7. The summed E-state index contributed by atoms with van der Waals surface area (Å²) in [4.78, 5) is 27.6. The van der Waals surface area contributed by atoms with Gasteiger partial charge in [0, 0.05) is 35.5 Å². The quantitative estimate of drug-likeness (QED) is 0.288. The third kappa shape index (κ3) is 17.0. The van der Waals surface area contributed by atoms with Gasteiger partial charge < -0.3 is 30.0 Å². The van der Waals surface area contributed by atoms with Crippen LogP contribution in [-0.4, -0.2) is 46.7 Å². The van der Waals surface area contributed by atoms with E-state index in [1.165, 1.54) is 11.1 Å². The summed E-state index contributed by atoms with van der Waals surface area (Å²) in [6.07, 6.45) is 9.72. The van der Waals surface area contributed by atoms with E-state index in [1.807, 2.05) is 12.4 Å². The van der Waals surface area contributed by atoms with Crippen LogP contribution in [0.2, 0.25) is 0 Å². The van der Waals surface area contributed by atoms with E-state index < -0.39 is 11.9 Å². The van der Waals surface area contributed by atoms with Gasteiger partial charge >= 0.3 is 16.8 Å². The fourth-order valence-corrected chi connectivity index (χ4v) is 5.47. The molecule has 0 aromatic heterocycles. The van der Waals surface area contributed by atoms with Crippen molar-refractivity contribution >= 4 is 24.4 Å². The number of aliphatic carboxylic acids is 2. The third-order valence-electron chi connectivity index (χ3n) is 7.50. The average molecular weight is 696 g/mol. The van der Waals surface area contributed by atoms with Gasteiger partial charge in [-0.1, -0.05) is 67.5 Å². The molecule has 2 N–H and O–H groups in total. The van der Waals surface area contributed by atoms with Gasteiger partial charge in [-0.25, -0.2) is 0 Å². The van der Waals surface area contributed by atoms with Gasteiger partial charge in [-0.3, -0.25) is 9.98 Å². The van der Waals surface area contributed by atoms with E-state index in [-0.39, 0.29) is 40.7 Å². The molecule has 1 aliphatic carbocycles. The minimum Gasteiger partial charge on any atom is -0.550 e. The molecular weight excluding hydrogens is 639 g/mol. The average Bonchev–Trinajstić information content (AvgIpc) is 2.92. The molecule has 8 nitrogen and oxygen atoms in total. The Hall–Kier alpha value is -3.17. The topological polar surface area (TPSA) is 145 Å². The predicted molar refractivity (Wildman–Crippen MR) is 184 cm³/mol. The number of nitrogens with zero attached hydrogens (tertiary/aromatic N) is 2. The van der Waals surface area contributed by atoms with Gasteiger partial charge in [0.25, 0.3) is 0 Å². The van der Waals surface area contributed by atoms with Gasteiger partial charge in [0.05, 0.1) is 12.1 Å². The molecule has 9 heteroatoms. The van der Waals surface area contributed by atoms with E-state index in [9.17, 15) is 10.2 Å². The van der Waals surface area contributed by atoms with Gasteiger partial charge in [0.1, 0.15) is 11.5 Å². The van der Waals surface area contributed by atoms with Gasteiger partial charge in [-0.2, -0.15) is 0 Å². The van der Waals surface area contributed by atoms with Crippen molar-refractivity contribution in [1.29, 1.82) is 0 Å². The fraction of sp³-hybridized carbons (Fsp3) is 0.579. The molecule has 1 saturated carbocycles. The molecule has 0 amide bonds.